The van der Waals surface area contributed by atoms with Crippen molar-refractivity contribution in [3.63, 3.8) is 0 Å². The van der Waals surface area contributed by atoms with E-state index in [1.54, 1.807) is 11.3 Å². The summed E-state index contributed by atoms with van der Waals surface area (Å²) in [5.74, 6) is -0.196. The lowest BCUT2D eigenvalue weighted by Gasteiger charge is -2.22. The Balaban J connectivity index is 2.11. The first-order chi connectivity index (χ1) is 9.70. The van der Waals surface area contributed by atoms with Crippen molar-refractivity contribution in [2.45, 2.75) is 19.9 Å². The van der Waals surface area contributed by atoms with Gasteiger partial charge in [-0.1, -0.05) is 0 Å². The standard InChI is InChI=1S/C15H18N2O2S/c1-3-19-15(18)13-11-6-9-16(2)10-12(11)20-14(13)17-7-4-5-8-17/h4-5,7-8H,3,6,9-10H2,1-2H3. The Morgan fingerprint density at radius 2 is 2.15 bits per heavy atom. The van der Waals surface area contributed by atoms with Gasteiger partial charge in [0.1, 0.15) is 5.00 Å². The van der Waals surface area contributed by atoms with Gasteiger partial charge >= 0.3 is 5.97 Å². The molecule has 3 rings (SSSR count). The van der Waals surface area contributed by atoms with Crippen LogP contribution in [-0.4, -0.2) is 35.6 Å². The Hall–Kier alpha value is -1.59. The summed E-state index contributed by atoms with van der Waals surface area (Å²) in [6.07, 6.45) is 4.87. The average Bonchev–Trinajstić information content (AvgIpc) is 3.04. The molecule has 3 heterocycles. The van der Waals surface area contributed by atoms with Crippen LogP contribution in [0.2, 0.25) is 0 Å². The number of hydrogen-bond acceptors (Lipinski definition) is 4. The van der Waals surface area contributed by atoms with Crippen LogP contribution in [0.25, 0.3) is 5.00 Å². The quantitative estimate of drug-likeness (QED) is 0.815. The molecule has 4 nitrogen and oxygen atoms in total. The summed E-state index contributed by atoms with van der Waals surface area (Å²) >= 11 is 1.70. The lowest BCUT2D eigenvalue weighted by atomic mass is 10.0. The summed E-state index contributed by atoms with van der Waals surface area (Å²) in [5.41, 5.74) is 1.94. The molecule has 0 unspecified atom stereocenters. The van der Waals surface area contributed by atoms with E-state index in [4.69, 9.17) is 4.74 Å². The second-order valence-corrected chi connectivity index (χ2v) is 6.07. The molecule has 0 spiro atoms. The highest BCUT2D eigenvalue weighted by atomic mass is 32.1. The number of carbonyl (C=O) groups excluding carboxylic acids is 1. The highest BCUT2D eigenvalue weighted by Gasteiger charge is 2.28. The lowest BCUT2D eigenvalue weighted by molar-refractivity contribution is 0.0525. The molecule has 0 aromatic carbocycles. The molecule has 0 saturated heterocycles. The van der Waals surface area contributed by atoms with Crippen molar-refractivity contribution in [3.8, 4) is 5.00 Å². The summed E-state index contributed by atoms with van der Waals surface area (Å²) in [6.45, 7) is 4.16. The van der Waals surface area contributed by atoms with Crippen molar-refractivity contribution in [3.05, 3.63) is 40.5 Å². The van der Waals surface area contributed by atoms with E-state index < -0.39 is 0 Å². The minimum atomic E-state index is -0.196. The van der Waals surface area contributed by atoms with Crippen molar-refractivity contribution in [2.75, 3.05) is 20.2 Å². The zero-order chi connectivity index (χ0) is 14.1. The van der Waals surface area contributed by atoms with Gasteiger partial charge in [-0.15, -0.1) is 11.3 Å². The first-order valence-electron chi connectivity index (χ1n) is 6.84. The summed E-state index contributed by atoms with van der Waals surface area (Å²) in [7, 11) is 2.11. The number of aromatic nitrogens is 1. The predicted molar refractivity (Wildman–Crippen MR) is 79.6 cm³/mol. The monoisotopic (exact) mass is 290 g/mol. The number of nitrogens with zero attached hydrogens (tertiary/aromatic N) is 2. The van der Waals surface area contributed by atoms with Gasteiger partial charge in [0.15, 0.2) is 0 Å². The van der Waals surface area contributed by atoms with Crippen LogP contribution < -0.4 is 0 Å². The Bertz CT molecular complexity index is 616. The van der Waals surface area contributed by atoms with E-state index in [0.717, 1.165) is 30.1 Å². The summed E-state index contributed by atoms with van der Waals surface area (Å²) < 4.78 is 7.27. The van der Waals surface area contributed by atoms with Crippen molar-refractivity contribution in [1.82, 2.24) is 9.47 Å². The molecule has 0 bridgehead atoms. The predicted octanol–water partition coefficient (Wildman–Crippen LogP) is 2.70. The molecule has 0 saturated carbocycles. The van der Waals surface area contributed by atoms with Crippen LogP contribution in [0.15, 0.2) is 24.5 Å². The van der Waals surface area contributed by atoms with Gasteiger partial charge in [-0.2, -0.15) is 0 Å². The van der Waals surface area contributed by atoms with Crippen LogP contribution in [0, 0.1) is 0 Å². The number of hydrogen-bond donors (Lipinski definition) is 0. The van der Waals surface area contributed by atoms with Gasteiger partial charge in [0.25, 0.3) is 0 Å². The molecule has 106 valence electrons. The third-order valence-corrected chi connectivity index (χ3v) is 4.78. The molecule has 20 heavy (non-hydrogen) atoms. The fourth-order valence-electron chi connectivity index (χ4n) is 2.58. The molecule has 0 radical (unpaired) electrons. The Labute approximate surface area is 122 Å². The molecule has 2 aromatic heterocycles. The molecule has 0 N–H and O–H groups in total. The van der Waals surface area contributed by atoms with Crippen molar-refractivity contribution < 1.29 is 9.53 Å². The highest BCUT2D eigenvalue weighted by Crippen LogP contribution is 2.36. The number of esters is 1. The Morgan fingerprint density at radius 3 is 2.85 bits per heavy atom. The van der Waals surface area contributed by atoms with Crippen LogP contribution in [0.1, 0.15) is 27.7 Å². The van der Waals surface area contributed by atoms with E-state index in [1.807, 2.05) is 36.0 Å². The normalized spacial score (nSPS) is 15.1. The smallest absolute Gasteiger partial charge is 0.341 e. The topological polar surface area (TPSA) is 34.5 Å². The van der Waals surface area contributed by atoms with E-state index in [9.17, 15) is 4.79 Å². The molecular formula is C15H18N2O2S. The van der Waals surface area contributed by atoms with Crippen LogP contribution in [0.5, 0.6) is 0 Å². The first-order valence-corrected chi connectivity index (χ1v) is 7.66. The minimum Gasteiger partial charge on any atom is -0.462 e. The third-order valence-electron chi connectivity index (χ3n) is 3.55. The summed E-state index contributed by atoms with van der Waals surface area (Å²) in [6, 6.07) is 3.94. The van der Waals surface area contributed by atoms with Crippen molar-refractivity contribution >= 4 is 17.3 Å². The highest BCUT2D eigenvalue weighted by molar-refractivity contribution is 7.15. The molecule has 1 aliphatic heterocycles. The van der Waals surface area contributed by atoms with E-state index >= 15 is 0 Å². The fraction of sp³-hybridized carbons (Fsp3) is 0.400. The third kappa shape index (κ3) is 2.27. The second-order valence-electron chi connectivity index (χ2n) is 4.98. The number of thiophene rings is 1. The van der Waals surface area contributed by atoms with E-state index in [2.05, 4.69) is 11.9 Å². The van der Waals surface area contributed by atoms with Gasteiger partial charge < -0.3 is 14.2 Å². The van der Waals surface area contributed by atoms with Gasteiger partial charge in [-0.25, -0.2) is 4.79 Å². The molecule has 5 heteroatoms. The van der Waals surface area contributed by atoms with E-state index in [0.29, 0.717) is 6.61 Å². The Kier molecular flexibility index (Phi) is 3.63. The molecule has 0 fully saturated rings. The maximum absolute atomic E-state index is 12.3. The van der Waals surface area contributed by atoms with Gasteiger partial charge in [0, 0.05) is 30.4 Å². The number of likely N-dealkylation sites (N-methyl/N-ethyl adjacent to an activating group) is 1. The number of rotatable bonds is 3. The molecule has 1 aliphatic rings. The summed E-state index contributed by atoms with van der Waals surface area (Å²) in [4.78, 5) is 15.9. The number of fused-ring (bicyclic) bond motifs is 1. The zero-order valence-electron chi connectivity index (χ0n) is 11.8. The molecule has 0 aliphatic carbocycles. The fourth-order valence-corrected chi connectivity index (χ4v) is 3.96. The van der Waals surface area contributed by atoms with Gasteiger partial charge in [0.05, 0.1) is 12.2 Å². The average molecular weight is 290 g/mol. The molecular weight excluding hydrogens is 272 g/mol. The largest absolute Gasteiger partial charge is 0.462 e. The summed E-state index contributed by atoms with van der Waals surface area (Å²) in [5, 5.41) is 0.980. The van der Waals surface area contributed by atoms with Gasteiger partial charge in [-0.3, -0.25) is 0 Å². The SMILES string of the molecule is CCOC(=O)c1c(-n2cccc2)sc2c1CCN(C)C2. The van der Waals surface area contributed by atoms with Crippen LogP contribution >= 0.6 is 11.3 Å². The number of ether oxygens (including phenoxy) is 1. The number of carbonyl (C=O) groups is 1. The van der Waals surface area contributed by atoms with Gasteiger partial charge in [-0.05, 0) is 38.1 Å². The molecule has 2 aromatic rings. The van der Waals surface area contributed by atoms with Crippen LogP contribution in [0.4, 0.5) is 0 Å². The van der Waals surface area contributed by atoms with Crippen LogP contribution in [0.3, 0.4) is 0 Å². The van der Waals surface area contributed by atoms with Crippen molar-refractivity contribution in [2.24, 2.45) is 0 Å². The zero-order valence-corrected chi connectivity index (χ0v) is 12.6. The maximum Gasteiger partial charge on any atom is 0.341 e. The molecule has 0 amide bonds. The molecule has 0 atom stereocenters. The van der Waals surface area contributed by atoms with Gasteiger partial charge in [0.2, 0.25) is 0 Å². The Morgan fingerprint density at radius 1 is 1.40 bits per heavy atom. The first kappa shape index (κ1) is 13.4. The van der Waals surface area contributed by atoms with E-state index in [-0.39, 0.29) is 5.97 Å². The van der Waals surface area contributed by atoms with Crippen molar-refractivity contribution in [1.29, 1.82) is 0 Å². The second kappa shape index (κ2) is 5.42. The minimum absolute atomic E-state index is 0.196. The lowest BCUT2D eigenvalue weighted by Crippen LogP contribution is -2.26. The van der Waals surface area contributed by atoms with Crippen LogP contribution in [-0.2, 0) is 17.7 Å². The maximum atomic E-state index is 12.3. The van der Waals surface area contributed by atoms with E-state index in [1.165, 1.54) is 10.4 Å².